The molecule has 0 atom stereocenters. The van der Waals surface area contributed by atoms with Crippen molar-refractivity contribution >= 4 is 35.8 Å². The molecule has 0 bridgehead atoms. The Labute approximate surface area is 204 Å². The van der Waals surface area contributed by atoms with Crippen molar-refractivity contribution in [1.29, 1.82) is 0 Å². The summed E-state index contributed by atoms with van der Waals surface area (Å²) in [6.07, 6.45) is 7.23. The zero-order valence-electron chi connectivity index (χ0n) is 19.2. The van der Waals surface area contributed by atoms with Crippen LogP contribution in [0.2, 0.25) is 0 Å². The normalized spacial score (nSPS) is 14.5. The summed E-state index contributed by atoms with van der Waals surface area (Å²) >= 11 is 0. The highest BCUT2D eigenvalue weighted by atomic mass is 127. The predicted octanol–water partition coefficient (Wildman–Crippen LogP) is 3.53. The van der Waals surface area contributed by atoms with Crippen LogP contribution in [0.5, 0.6) is 5.75 Å². The Kier molecular flexibility index (Phi) is 14.3. The Balaban J connectivity index is 0.00000480. The first-order chi connectivity index (χ1) is 14.6. The lowest BCUT2D eigenvalue weighted by atomic mass is 9.95. The molecule has 8 heteroatoms. The minimum absolute atomic E-state index is 0. The number of aryl methyl sites for hydroxylation is 1. The first-order valence-corrected chi connectivity index (χ1v) is 11.1. The molecule has 1 aromatic rings. The summed E-state index contributed by atoms with van der Waals surface area (Å²) in [5.41, 5.74) is 2.22. The van der Waals surface area contributed by atoms with Crippen LogP contribution in [0.3, 0.4) is 0 Å². The van der Waals surface area contributed by atoms with Crippen LogP contribution < -0.4 is 20.7 Å². The van der Waals surface area contributed by atoms with Crippen LogP contribution in [0, 0.1) is 6.92 Å². The number of benzene rings is 1. The fourth-order valence-electron chi connectivity index (χ4n) is 3.57. The van der Waals surface area contributed by atoms with Gasteiger partial charge in [0.1, 0.15) is 5.75 Å². The van der Waals surface area contributed by atoms with Crippen LogP contribution in [-0.2, 0) is 16.1 Å². The van der Waals surface area contributed by atoms with Crippen molar-refractivity contribution < 1.29 is 14.3 Å². The second-order valence-corrected chi connectivity index (χ2v) is 7.81. The third-order valence-electron chi connectivity index (χ3n) is 5.26. The molecule has 1 amide bonds. The van der Waals surface area contributed by atoms with Crippen molar-refractivity contribution in [1.82, 2.24) is 16.0 Å². The van der Waals surface area contributed by atoms with Gasteiger partial charge in [0.05, 0.1) is 6.61 Å². The molecule has 0 unspecified atom stereocenters. The van der Waals surface area contributed by atoms with E-state index < -0.39 is 0 Å². The number of hydrogen-bond acceptors (Lipinski definition) is 4. The second-order valence-electron chi connectivity index (χ2n) is 7.81. The van der Waals surface area contributed by atoms with Gasteiger partial charge in [-0.25, -0.2) is 0 Å². The van der Waals surface area contributed by atoms with E-state index in [-0.39, 0.29) is 29.9 Å². The van der Waals surface area contributed by atoms with Crippen molar-refractivity contribution in [3.05, 3.63) is 29.3 Å². The molecule has 7 nitrogen and oxygen atoms in total. The first kappa shape index (κ1) is 27.5. The lowest BCUT2D eigenvalue weighted by molar-refractivity contribution is -0.121. The topological polar surface area (TPSA) is 84.0 Å². The van der Waals surface area contributed by atoms with E-state index in [1.807, 2.05) is 0 Å². The average molecular weight is 546 g/mol. The third-order valence-corrected chi connectivity index (χ3v) is 5.26. The molecular formula is C23H39IN4O3. The average Bonchev–Trinajstić information content (AvgIpc) is 2.75. The fraction of sp³-hybridized carbons (Fsp3) is 0.652. The van der Waals surface area contributed by atoms with Crippen LogP contribution in [0.1, 0.15) is 56.1 Å². The summed E-state index contributed by atoms with van der Waals surface area (Å²) in [6.45, 7) is 4.50. The molecular weight excluding hydrogens is 507 g/mol. The van der Waals surface area contributed by atoms with Gasteiger partial charge in [0.2, 0.25) is 5.91 Å². The van der Waals surface area contributed by atoms with E-state index in [1.54, 1.807) is 14.2 Å². The number of carbonyl (C=O) groups excluding carboxylic acids is 1. The Morgan fingerprint density at radius 1 is 1.16 bits per heavy atom. The molecule has 0 saturated heterocycles. The highest BCUT2D eigenvalue weighted by Gasteiger charge is 2.15. The molecule has 1 aliphatic carbocycles. The van der Waals surface area contributed by atoms with Gasteiger partial charge in [0.25, 0.3) is 0 Å². The molecule has 0 aromatic heterocycles. The van der Waals surface area contributed by atoms with Gasteiger partial charge in [0.15, 0.2) is 5.96 Å². The van der Waals surface area contributed by atoms with Crippen LogP contribution in [-0.4, -0.2) is 51.8 Å². The zero-order chi connectivity index (χ0) is 21.6. The molecule has 0 radical (unpaired) electrons. The number of amides is 1. The molecule has 0 heterocycles. The summed E-state index contributed by atoms with van der Waals surface area (Å²) in [4.78, 5) is 16.4. The monoisotopic (exact) mass is 546 g/mol. The minimum atomic E-state index is 0. The van der Waals surface area contributed by atoms with Crippen LogP contribution in [0.25, 0.3) is 0 Å². The Morgan fingerprint density at radius 2 is 1.94 bits per heavy atom. The number of halogens is 1. The predicted molar refractivity (Wildman–Crippen MR) is 136 cm³/mol. The van der Waals surface area contributed by atoms with E-state index in [0.29, 0.717) is 44.7 Å². The molecule has 1 fully saturated rings. The van der Waals surface area contributed by atoms with Crippen LogP contribution in [0.4, 0.5) is 0 Å². The van der Waals surface area contributed by atoms with Crippen molar-refractivity contribution in [3.63, 3.8) is 0 Å². The van der Waals surface area contributed by atoms with Gasteiger partial charge < -0.3 is 25.4 Å². The Morgan fingerprint density at radius 3 is 2.65 bits per heavy atom. The molecule has 2 rings (SSSR count). The van der Waals surface area contributed by atoms with E-state index in [2.05, 4.69) is 46.1 Å². The molecule has 0 aliphatic heterocycles. The first-order valence-electron chi connectivity index (χ1n) is 11.1. The van der Waals surface area contributed by atoms with Crippen molar-refractivity contribution in [3.8, 4) is 5.75 Å². The van der Waals surface area contributed by atoms with Crippen molar-refractivity contribution in [2.45, 2.75) is 64.5 Å². The number of rotatable bonds is 11. The Bertz CT molecular complexity index is 679. The number of guanidine groups is 1. The maximum atomic E-state index is 12.1. The third kappa shape index (κ3) is 11.0. The summed E-state index contributed by atoms with van der Waals surface area (Å²) in [5, 5.41) is 9.67. The van der Waals surface area contributed by atoms with Gasteiger partial charge in [-0.2, -0.15) is 0 Å². The quantitative estimate of drug-likeness (QED) is 0.171. The maximum Gasteiger partial charge on any atom is 0.221 e. The standard InChI is InChI=1S/C23H38N4O3.HI/c1-18-10-11-19(21(16-18)30-15-7-14-29-3)17-26-23(24-2)25-13-12-22(28)27-20-8-5-4-6-9-20;/h10-11,16,20H,4-9,12-15,17H2,1-3H3,(H,27,28)(H2,24,25,26);1H. The highest BCUT2D eigenvalue weighted by molar-refractivity contribution is 14.0. The summed E-state index contributed by atoms with van der Waals surface area (Å²) in [7, 11) is 3.43. The SMILES string of the molecule is CN=C(NCCC(=O)NC1CCCCC1)NCc1ccc(C)cc1OCCCOC.I. The highest BCUT2D eigenvalue weighted by Crippen LogP contribution is 2.20. The van der Waals surface area contributed by atoms with Crippen molar-refractivity contribution in [2.75, 3.05) is 33.9 Å². The zero-order valence-corrected chi connectivity index (χ0v) is 21.5. The smallest absolute Gasteiger partial charge is 0.221 e. The number of hydrogen-bond donors (Lipinski definition) is 3. The minimum Gasteiger partial charge on any atom is -0.493 e. The van der Waals surface area contributed by atoms with Gasteiger partial charge >= 0.3 is 0 Å². The van der Waals surface area contributed by atoms with E-state index in [1.165, 1.54) is 19.3 Å². The largest absolute Gasteiger partial charge is 0.493 e. The van der Waals surface area contributed by atoms with E-state index in [4.69, 9.17) is 9.47 Å². The van der Waals surface area contributed by atoms with Crippen molar-refractivity contribution in [2.24, 2.45) is 4.99 Å². The van der Waals surface area contributed by atoms with Gasteiger partial charge in [-0.15, -0.1) is 24.0 Å². The molecule has 1 aromatic carbocycles. The molecule has 176 valence electrons. The fourth-order valence-corrected chi connectivity index (χ4v) is 3.57. The molecule has 31 heavy (non-hydrogen) atoms. The second kappa shape index (κ2) is 16.1. The van der Waals surface area contributed by atoms with E-state index in [0.717, 1.165) is 36.1 Å². The molecule has 3 N–H and O–H groups in total. The van der Waals surface area contributed by atoms with E-state index >= 15 is 0 Å². The molecule has 1 saturated carbocycles. The van der Waals surface area contributed by atoms with Crippen LogP contribution >= 0.6 is 24.0 Å². The van der Waals surface area contributed by atoms with Gasteiger partial charge in [-0.05, 0) is 31.4 Å². The number of aliphatic imine (C=N–C) groups is 1. The number of nitrogens with zero attached hydrogens (tertiary/aromatic N) is 1. The van der Waals surface area contributed by atoms with Gasteiger partial charge in [-0.1, -0.05) is 31.4 Å². The molecule has 1 aliphatic rings. The number of ether oxygens (including phenoxy) is 2. The molecule has 0 spiro atoms. The number of carbonyl (C=O) groups is 1. The van der Waals surface area contributed by atoms with Gasteiger partial charge in [0, 0.05) is 58.3 Å². The summed E-state index contributed by atoms with van der Waals surface area (Å²) in [5.74, 6) is 1.66. The van der Waals surface area contributed by atoms with Gasteiger partial charge in [-0.3, -0.25) is 9.79 Å². The Hall–Kier alpha value is -1.55. The van der Waals surface area contributed by atoms with E-state index in [9.17, 15) is 4.79 Å². The maximum absolute atomic E-state index is 12.1. The number of methoxy groups -OCH3 is 1. The number of nitrogens with one attached hydrogen (secondary N) is 3. The lowest BCUT2D eigenvalue weighted by Gasteiger charge is -2.22. The lowest BCUT2D eigenvalue weighted by Crippen LogP contribution is -2.41. The summed E-state index contributed by atoms with van der Waals surface area (Å²) in [6, 6.07) is 6.55. The van der Waals surface area contributed by atoms with Crippen LogP contribution in [0.15, 0.2) is 23.2 Å². The summed E-state index contributed by atoms with van der Waals surface area (Å²) < 4.78 is 11.0.